The van der Waals surface area contributed by atoms with Gasteiger partial charge in [-0.25, -0.2) is 0 Å². The summed E-state index contributed by atoms with van der Waals surface area (Å²) in [5, 5.41) is 0. The Morgan fingerprint density at radius 1 is 0.967 bits per heavy atom. The van der Waals surface area contributed by atoms with Gasteiger partial charge in [-0.2, -0.15) is 0 Å². The van der Waals surface area contributed by atoms with Crippen LogP contribution in [0.5, 0.6) is 17.2 Å². The molecule has 8 heteroatoms. The Bertz CT molecular complexity index is 750. The maximum absolute atomic E-state index is 13.4. The summed E-state index contributed by atoms with van der Waals surface area (Å²) in [5.41, 5.74) is 0.898. The number of carbonyl (C=O) groups excluding carboxylic acids is 2. The van der Waals surface area contributed by atoms with Crippen LogP contribution in [-0.2, 0) is 14.3 Å². The van der Waals surface area contributed by atoms with Gasteiger partial charge in [-0.05, 0) is 17.7 Å². The van der Waals surface area contributed by atoms with Crippen molar-refractivity contribution in [1.82, 2.24) is 9.80 Å². The van der Waals surface area contributed by atoms with Crippen LogP contribution in [0.4, 0.5) is 0 Å². The molecule has 2 unspecified atom stereocenters. The van der Waals surface area contributed by atoms with Crippen LogP contribution >= 0.6 is 0 Å². The Kier molecular flexibility index (Phi) is 7.07. The van der Waals surface area contributed by atoms with Gasteiger partial charge in [0.25, 0.3) is 0 Å². The summed E-state index contributed by atoms with van der Waals surface area (Å²) in [7, 11) is 4.70. The molecule has 0 N–H and O–H groups in total. The molecule has 2 aliphatic rings. The highest BCUT2D eigenvalue weighted by molar-refractivity contribution is 5.84. The average molecular weight is 421 g/mol. The van der Waals surface area contributed by atoms with Crippen molar-refractivity contribution in [3.8, 4) is 17.2 Å². The normalized spacial score (nSPS) is 21.7. The fourth-order valence-corrected chi connectivity index (χ4v) is 4.27. The zero-order valence-corrected chi connectivity index (χ0v) is 18.5. The molecule has 2 fully saturated rings. The smallest absolute Gasteiger partial charge is 0.228 e. The number of amides is 2. The van der Waals surface area contributed by atoms with Crippen LogP contribution in [0.15, 0.2) is 12.1 Å². The van der Waals surface area contributed by atoms with E-state index in [0.717, 1.165) is 5.56 Å². The van der Waals surface area contributed by atoms with Crippen LogP contribution in [0.2, 0.25) is 0 Å². The molecular formula is C22H32N2O6. The highest BCUT2D eigenvalue weighted by Gasteiger charge is 2.43. The van der Waals surface area contributed by atoms with Gasteiger partial charge in [0.15, 0.2) is 11.5 Å². The first-order valence-corrected chi connectivity index (χ1v) is 10.4. The van der Waals surface area contributed by atoms with Gasteiger partial charge in [0, 0.05) is 38.0 Å². The number of carbonyl (C=O) groups is 2. The highest BCUT2D eigenvalue weighted by atomic mass is 16.5. The van der Waals surface area contributed by atoms with E-state index in [0.29, 0.717) is 56.6 Å². The third-order valence-corrected chi connectivity index (χ3v) is 5.88. The van der Waals surface area contributed by atoms with Crippen LogP contribution in [0.25, 0.3) is 0 Å². The Hall–Kier alpha value is -2.48. The molecule has 0 spiro atoms. The monoisotopic (exact) mass is 420 g/mol. The molecule has 8 nitrogen and oxygen atoms in total. The van der Waals surface area contributed by atoms with E-state index in [-0.39, 0.29) is 29.6 Å². The van der Waals surface area contributed by atoms with Crippen LogP contribution in [0.3, 0.4) is 0 Å². The van der Waals surface area contributed by atoms with Crippen LogP contribution in [0, 0.1) is 11.8 Å². The molecule has 0 radical (unpaired) electrons. The second-order valence-electron chi connectivity index (χ2n) is 8.01. The second kappa shape index (κ2) is 9.55. The minimum Gasteiger partial charge on any atom is -0.493 e. The van der Waals surface area contributed by atoms with E-state index in [1.807, 2.05) is 35.8 Å². The van der Waals surface area contributed by atoms with Gasteiger partial charge >= 0.3 is 0 Å². The van der Waals surface area contributed by atoms with Crippen LogP contribution < -0.4 is 14.2 Å². The fourth-order valence-electron chi connectivity index (χ4n) is 4.27. The van der Waals surface area contributed by atoms with Crippen molar-refractivity contribution >= 4 is 11.8 Å². The lowest BCUT2D eigenvalue weighted by atomic mass is 9.87. The summed E-state index contributed by atoms with van der Waals surface area (Å²) in [4.78, 5) is 29.8. The first-order chi connectivity index (χ1) is 14.4. The average Bonchev–Trinajstić information content (AvgIpc) is 3.22. The lowest BCUT2D eigenvalue weighted by molar-refractivity contribution is -0.140. The molecule has 2 aliphatic heterocycles. The Balaban J connectivity index is 1.98. The van der Waals surface area contributed by atoms with Crippen molar-refractivity contribution in [2.75, 3.05) is 60.7 Å². The SMILES string of the molecule is COc1cc(C2CN(C(=O)C(C)C)CC2C(=O)N2CCOCC2)cc(OC)c1OC. The van der Waals surface area contributed by atoms with Crippen molar-refractivity contribution in [2.45, 2.75) is 19.8 Å². The standard InChI is InChI=1S/C22H32N2O6/c1-14(2)21(25)24-12-16(17(13-24)22(26)23-6-8-30-9-7-23)15-10-18(27-3)20(29-5)19(11-15)28-4/h10-11,14,16-17H,6-9,12-13H2,1-5H3. The highest BCUT2D eigenvalue weighted by Crippen LogP contribution is 2.43. The second-order valence-corrected chi connectivity index (χ2v) is 8.01. The molecule has 0 saturated carbocycles. The van der Waals surface area contributed by atoms with E-state index in [9.17, 15) is 9.59 Å². The van der Waals surface area contributed by atoms with E-state index >= 15 is 0 Å². The summed E-state index contributed by atoms with van der Waals surface area (Å²) in [6.45, 7) is 6.90. The summed E-state index contributed by atoms with van der Waals surface area (Å²) in [5.74, 6) is 1.11. The number of methoxy groups -OCH3 is 3. The summed E-state index contributed by atoms with van der Waals surface area (Å²) >= 11 is 0. The molecule has 0 aromatic heterocycles. The molecule has 1 aromatic carbocycles. The molecule has 0 aliphatic carbocycles. The topological polar surface area (TPSA) is 77.5 Å². The number of morpholine rings is 1. The quantitative estimate of drug-likeness (QED) is 0.698. The lowest BCUT2D eigenvalue weighted by Crippen LogP contribution is -2.45. The molecule has 30 heavy (non-hydrogen) atoms. The van der Waals surface area contributed by atoms with Gasteiger partial charge in [-0.1, -0.05) is 13.8 Å². The van der Waals surface area contributed by atoms with E-state index < -0.39 is 0 Å². The van der Waals surface area contributed by atoms with Gasteiger partial charge in [-0.3, -0.25) is 9.59 Å². The predicted molar refractivity (Wildman–Crippen MR) is 111 cm³/mol. The molecular weight excluding hydrogens is 388 g/mol. The Morgan fingerprint density at radius 2 is 1.57 bits per heavy atom. The molecule has 166 valence electrons. The van der Waals surface area contributed by atoms with Gasteiger partial charge in [0.2, 0.25) is 17.6 Å². The Morgan fingerprint density at radius 3 is 2.07 bits per heavy atom. The summed E-state index contributed by atoms with van der Waals surface area (Å²) < 4.78 is 21.8. The van der Waals surface area contributed by atoms with Crippen molar-refractivity contribution in [3.05, 3.63) is 17.7 Å². The van der Waals surface area contributed by atoms with Crippen molar-refractivity contribution in [3.63, 3.8) is 0 Å². The number of likely N-dealkylation sites (tertiary alicyclic amines) is 1. The van der Waals surface area contributed by atoms with Crippen LogP contribution in [-0.4, -0.2) is 82.3 Å². The molecule has 2 amide bonds. The Labute approximate surface area is 178 Å². The molecule has 2 heterocycles. The van der Waals surface area contributed by atoms with Crippen LogP contribution in [0.1, 0.15) is 25.3 Å². The summed E-state index contributed by atoms with van der Waals surface area (Å²) in [6, 6.07) is 3.77. The third-order valence-electron chi connectivity index (χ3n) is 5.88. The first-order valence-electron chi connectivity index (χ1n) is 10.4. The number of rotatable bonds is 6. The fraction of sp³-hybridized carbons (Fsp3) is 0.636. The third kappa shape index (κ3) is 4.33. The molecule has 2 saturated heterocycles. The maximum Gasteiger partial charge on any atom is 0.228 e. The lowest BCUT2D eigenvalue weighted by Gasteiger charge is -2.31. The zero-order chi connectivity index (χ0) is 21.8. The summed E-state index contributed by atoms with van der Waals surface area (Å²) in [6.07, 6.45) is 0. The number of hydrogen-bond donors (Lipinski definition) is 0. The van der Waals surface area contributed by atoms with E-state index in [1.54, 1.807) is 21.3 Å². The first kappa shape index (κ1) is 22.2. The van der Waals surface area contributed by atoms with Gasteiger partial charge in [-0.15, -0.1) is 0 Å². The van der Waals surface area contributed by atoms with Crippen molar-refractivity contribution in [1.29, 1.82) is 0 Å². The maximum atomic E-state index is 13.4. The number of benzene rings is 1. The van der Waals surface area contributed by atoms with Crippen molar-refractivity contribution in [2.24, 2.45) is 11.8 Å². The van der Waals surface area contributed by atoms with Crippen molar-refractivity contribution < 1.29 is 28.5 Å². The molecule has 1 aromatic rings. The van der Waals surface area contributed by atoms with Gasteiger partial charge in [0.05, 0.1) is 40.5 Å². The largest absolute Gasteiger partial charge is 0.493 e. The van der Waals surface area contributed by atoms with Gasteiger partial charge in [0.1, 0.15) is 0 Å². The number of hydrogen-bond acceptors (Lipinski definition) is 6. The zero-order valence-electron chi connectivity index (χ0n) is 18.5. The predicted octanol–water partition coefficient (Wildman–Crippen LogP) is 1.77. The molecule has 2 atom stereocenters. The van der Waals surface area contributed by atoms with Gasteiger partial charge < -0.3 is 28.7 Å². The minimum absolute atomic E-state index is 0.0599. The van der Waals surface area contributed by atoms with E-state index in [1.165, 1.54) is 0 Å². The van der Waals surface area contributed by atoms with E-state index in [4.69, 9.17) is 18.9 Å². The molecule has 3 rings (SSSR count). The molecule has 0 bridgehead atoms. The number of nitrogens with zero attached hydrogens (tertiary/aromatic N) is 2. The minimum atomic E-state index is -0.325. The van der Waals surface area contributed by atoms with E-state index in [2.05, 4.69) is 0 Å². The number of ether oxygens (including phenoxy) is 4.